The third kappa shape index (κ3) is 3.73. The fraction of sp³-hybridized carbons (Fsp3) is 0.889. The van der Waals surface area contributed by atoms with Gasteiger partial charge in [-0.1, -0.05) is 0 Å². The number of hydrogen-bond donors (Lipinski definition) is 2. The van der Waals surface area contributed by atoms with Crippen LogP contribution in [0.2, 0.25) is 0 Å². The van der Waals surface area contributed by atoms with Crippen molar-refractivity contribution in [1.29, 1.82) is 5.41 Å². The zero-order chi connectivity index (χ0) is 13.1. The van der Waals surface area contributed by atoms with Crippen molar-refractivity contribution in [3.8, 4) is 0 Å². The lowest BCUT2D eigenvalue weighted by Crippen LogP contribution is -2.50. The summed E-state index contributed by atoms with van der Waals surface area (Å²) in [6, 6.07) is -0.353. The zero-order valence-corrected chi connectivity index (χ0v) is 11.4. The van der Waals surface area contributed by atoms with Gasteiger partial charge in [-0.2, -0.15) is 17.0 Å². The third-order valence-corrected chi connectivity index (χ3v) is 4.58. The molecule has 0 spiro atoms. The normalized spacial score (nSPS) is 13.1. The van der Waals surface area contributed by atoms with E-state index in [1.54, 1.807) is 27.7 Å². The highest BCUT2D eigenvalue weighted by Gasteiger charge is 2.30. The number of nitrogens with one attached hydrogen (secondary N) is 1. The molecule has 96 valence electrons. The highest BCUT2D eigenvalue weighted by molar-refractivity contribution is 7.86. The maximum Gasteiger partial charge on any atom is 0.282 e. The smallest absolute Gasteiger partial charge is 0.282 e. The average molecular weight is 250 g/mol. The van der Waals surface area contributed by atoms with Crippen LogP contribution in [0.5, 0.6) is 0 Å². The molecule has 0 heterocycles. The second-order valence-corrected chi connectivity index (χ2v) is 6.22. The third-order valence-electron chi connectivity index (χ3n) is 2.29. The highest BCUT2D eigenvalue weighted by Crippen LogP contribution is 2.12. The first-order chi connectivity index (χ1) is 7.10. The molecule has 0 aromatic heterocycles. The molecule has 0 aliphatic carbocycles. The van der Waals surface area contributed by atoms with Crippen LogP contribution >= 0.6 is 0 Å². The Morgan fingerprint density at radius 1 is 1.25 bits per heavy atom. The van der Waals surface area contributed by atoms with E-state index in [2.05, 4.69) is 0 Å². The molecule has 0 aromatic carbocycles. The number of rotatable bonds is 6. The summed E-state index contributed by atoms with van der Waals surface area (Å²) in [5, 5.41) is 7.20. The molecule has 0 aliphatic rings. The maximum absolute atomic E-state index is 12.1. The van der Waals surface area contributed by atoms with Gasteiger partial charge in [0.05, 0.1) is 6.54 Å². The second kappa shape index (κ2) is 5.60. The topological polar surface area (TPSA) is 90.5 Å². The molecular weight excluding hydrogens is 228 g/mol. The van der Waals surface area contributed by atoms with Crippen LogP contribution in [-0.4, -0.2) is 48.5 Å². The second-order valence-electron chi connectivity index (χ2n) is 4.28. The molecule has 0 atom stereocenters. The van der Waals surface area contributed by atoms with Crippen molar-refractivity contribution in [2.24, 2.45) is 5.73 Å². The minimum absolute atomic E-state index is 0.0724. The predicted octanol–water partition coefficient (Wildman–Crippen LogP) is 0.218. The van der Waals surface area contributed by atoms with Crippen LogP contribution in [0.3, 0.4) is 0 Å². The quantitative estimate of drug-likeness (QED) is 0.522. The number of amidine groups is 1. The van der Waals surface area contributed by atoms with Gasteiger partial charge in [0.15, 0.2) is 0 Å². The molecule has 0 saturated carbocycles. The van der Waals surface area contributed by atoms with Gasteiger partial charge in [0.1, 0.15) is 5.84 Å². The maximum atomic E-state index is 12.1. The molecule has 0 rings (SSSR count). The summed E-state index contributed by atoms with van der Waals surface area (Å²) in [5.41, 5.74) is 5.26. The Bertz CT molecular complexity index is 337. The monoisotopic (exact) mass is 250 g/mol. The van der Waals surface area contributed by atoms with E-state index in [-0.39, 0.29) is 24.5 Å². The summed E-state index contributed by atoms with van der Waals surface area (Å²) >= 11 is 0. The van der Waals surface area contributed by atoms with Gasteiger partial charge in [-0.25, -0.2) is 0 Å². The molecule has 6 nitrogen and oxygen atoms in total. The first-order valence-corrected chi connectivity index (χ1v) is 6.58. The van der Waals surface area contributed by atoms with Gasteiger partial charge in [0, 0.05) is 19.1 Å². The van der Waals surface area contributed by atoms with Crippen LogP contribution in [0.25, 0.3) is 0 Å². The van der Waals surface area contributed by atoms with E-state index in [1.807, 2.05) is 0 Å². The first kappa shape index (κ1) is 15.3. The van der Waals surface area contributed by atoms with E-state index in [4.69, 9.17) is 11.1 Å². The summed E-state index contributed by atoms with van der Waals surface area (Å²) in [5.74, 6) is -0.158. The van der Waals surface area contributed by atoms with Crippen LogP contribution < -0.4 is 5.73 Å². The lowest BCUT2D eigenvalue weighted by Gasteiger charge is -2.31. The Balaban J connectivity index is 5.13. The molecule has 16 heavy (non-hydrogen) atoms. The van der Waals surface area contributed by atoms with Gasteiger partial charge in [0.25, 0.3) is 10.2 Å². The Morgan fingerprint density at radius 3 is 1.94 bits per heavy atom. The summed E-state index contributed by atoms with van der Waals surface area (Å²) in [4.78, 5) is 0. The van der Waals surface area contributed by atoms with Crippen molar-refractivity contribution in [3.05, 3.63) is 0 Å². The zero-order valence-electron chi connectivity index (χ0n) is 10.6. The molecule has 7 heteroatoms. The van der Waals surface area contributed by atoms with Gasteiger partial charge in [0.2, 0.25) is 0 Å². The lowest BCUT2D eigenvalue weighted by molar-refractivity contribution is 0.322. The summed E-state index contributed by atoms with van der Waals surface area (Å²) in [6.07, 6.45) is 0. The molecule has 0 aliphatic heterocycles. The molecule has 3 N–H and O–H groups in total. The Morgan fingerprint density at radius 2 is 1.69 bits per heavy atom. The van der Waals surface area contributed by atoms with Crippen molar-refractivity contribution in [2.45, 2.75) is 39.8 Å². The highest BCUT2D eigenvalue weighted by atomic mass is 32.2. The van der Waals surface area contributed by atoms with Crippen molar-refractivity contribution < 1.29 is 8.42 Å². The van der Waals surface area contributed by atoms with E-state index in [0.717, 1.165) is 0 Å². The van der Waals surface area contributed by atoms with E-state index < -0.39 is 10.2 Å². The fourth-order valence-corrected chi connectivity index (χ4v) is 2.83. The van der Waals surface area contributed by atoms with Gasteiger partial charge < -0.3 is 5.73 Å². The Hall–Kier alpha value is -0.660. The summed E-state index contributed by atoms with van der Waals surface area (Å²) in [7, 11) is -2.03. The lowest BCUT2D eigenvalue weighted by atomic mass is 10.4. The Kier molecular flexibility index (Phi) is 5.37. The van der Waals surface area contributed by atoms with E-state index in [9.17, 15) is 8.42 Å². The summed E-state index contributed by atoms with van der Waals surface area (Å²) < 4.78 is 26.8. The predicted molar refractivity (Wildman–Crippen MR) is 65.6 cm³/mol. The molecule has 0 amide bonds. The fourth-order valence-electron chi connectivity index (χ4n) is 1.13. The largest absolute Gasteiger partial charge is 0.387 e. The molecule has 0 aromatic rings. The minimum atomic E-state index is -3.55. The van der Waals surface area contributed by atoms with E-state index >= 15 is 0 Å². The molecule has 0 bridgehead atoms. The number of hydrogen-bond acceptors (Lipinski definition) is 3. The Labute approximate surface area is 98.1 Å². The van der Waals surface area contributed by atoms with Crippen molar-refractivity contribution in [1.82, 2.24) is 8.61 Å². The van der Waals surface area contributed by atoms with Crippen LogP contribution in [0.15, 0.2) is 0 Å². The first-order valence-electron chi connectivity index (χ1n) is 5.18. The van der Waals surface area contributed by atoms with Gasteiger partial charge in [-0.3, -0.25) is 5.41 Å². The van der Waals surface area contributed by atoms with Gasteiger partial charge >= 0.3 is 0 Å². The number of nitrogens with two attached hydrogens (primary N) is 1. The standard InChI is InChI=1S/C9H22N4O2S/c1-7(2)12(5)16(14,15)13(8(3)4)6-9(10)11/h7-8H,6H2,1-5H3,(H3,10,11). The molecular formula is C9H22N4O2S. The SMILES string of the molecule is CC(C)N(C)S(=O)(=O)N(CC(=N)N)C(C)C. The molecule has 0 fully saturated rings. The van der Waals surface area contributed by atoms with Gasteiger partial charge in [-0.05, 0) is 27.7 Å². The number of nitrogens with zero attached hydrogens (tertiary/aromatic N) is 2. The minimum Gasteiger partial charge on any atom is -0.387 e. The molecule has 0 saturated heterocycles. The molecule has 0 radical (unpaired) electrons. The average Bonchev–Trinajstić information content (AvgIpc) is 2.11. The van der Waals surface area contributed by atoms with E-state index in [1.165, 1.54) is 15.7 Å². The van der Waals surface area contributed by atoms with Crippen LogP contribution in [0.4, 0.5) is 0 Å². The molecule has 0 unspecified atom stereocenters. The van der Waals surface area contributed by atoms with Crippen molar-refractivity contribution in [2.75, 3.05) is 13.6 Å². The van der Waals surface area contributed by atoms with Crippen LogP contribution in [0.1, 0.15) is 27.7 Å². The van der Waals surface area contributed by atoms with Gasteiger partial charge in [-0.15, -0.1) is 0 Å². The van der Waals surface area contributed by atoms with Crippen molar-refractivity contribution >= 4 is 16.0 Å². The summed E-state index contributed by atoms with van der Waals surface area (Å²) in [6.45, 7) is 7.04. The van der Waals surface area contributed by atoms with Crippen LogP contribution in [0, 0.1) is 5.41 Å². The van der Waals surface area contributed by atoms with E-state index in [0.29, 0.717) is 0 Å². The van der Waals surface area contributed by atoms with Crippen molar-refractivity contribution in [3.63, 3.8) is 0 Å². The van der Waals surface area contributed by atoms with Crippen LogP contribution in [-0.2, 0) is 10.2 Å².